The zero-order valence-electron chi connectivity index (χ0n) is 13.1. The number of benzene rings is 1. The Morgan fingerprint density at radius 2 is 1.70 bits per heavy atom. The molecule has 0 aromatic heterocycles. The van der Waals surface area contributed by atoms with Crippen LogP contribution >= 0.6 is 0 Å². The van der Waals surface area contributed by atoms with Crippen LogP contribution in [0.1, 0.15) is 45.6 Å². The fourth-order valence-electron chi connectivity index (χ4n) is 2.41. The number of ether oxygens (including phenoxy) is 1. The van der Waals surface area contributed by atoms with Gasteiger partial charge >= 0.3 is 0 Å². The summed E-state index contributed by atoms with van der Waals surface area (Å²) in [5, 5.41) is 13.5. The van der Waals surface area contributed by atoms with Crippen LogP contribution in [0.15, 0.2) is 30.3 Å². The van der Waals surface area contributed by atoms with E-state index in [4.69, 9.17) is 4.74 Å². The first-order valence-electron chi connectivity index (χ1n) is 7.70. The lowest BCUT2D eigenvalue weighted by Crippen LogP contribution is -2.47. The summed E-state index contributed by atoms with van der Waals surface area (Å²) in [6.45, 7) is 8.09. The predicted molar refractivity (Wildman–Crippen MR) is 83.7 cm³/mol. The van der Waals surface area contributed by atoms with Gasteiger partial charge in [-0.1, -0.05) is 51.1 Å². The highest BCUT2D eigenvalue weighted by molar-refractivity contribution is 5.13. The molecule has 114 valence electrons. The molecule has 0 saturated carbocycles. The Morgan fingerprint density at radius 3 is 2.25 bits per heavy atom. The van der Waals surface area contributed by atoms with Gasteiger partial charge in [-0.05, 0) is 24.8 Å². The molecule has 0 spiro atoms. The average Bonchev–Trinajstić information content (AvgIpc) is 2.50. The molecule has 1 rings (SSSR count). The number of nitrogens with one attached hydrogen (secondary N) is 1. The third-order valence-electron chi connectivity index (χ3n) is 4.16. The van der Waals surface area contributed by atoms with Crippen LogP contribution in [0.3, 0.4) is 0 Å². The molecule has 1 aromatic carbocycles. The summed E-state index contributed by atoms with van der Waals surface area (Å²) in [4.78, 5) is 0. The molecule has 1 atom stereocenters. The number of β-amino-alcohol motifs (C(OH)–C–C–N with tert-alkyl or cyclic N) is 1. The van der Waals surface area contributed by atoms with Crippen LogP contribution in [0.25, 0.3) is 0 Å². The number of aliphatic hydroxyl groups is 1. The summed E-state index contributed by atoms with van der Waals surface area (Å²) in [6, 6.07) is 10.0. The van der Waals surface area contributed by atoms with Crippen molar-refractivity contribution in [3.63, 3.8) is 0 Å². The average molecular weight is 279 g/mol. The highest BCUT2D eigenvalue weighted by Crippen LogP contribution is 2.18. The smallest absolute Gasteiger partial charge is 0.0898 e. The van der Waals surface area contributed by atoms with E-state index in [0.29, 0.717) is 19.8 Å². The van der Waals surface area contributed by atoms with Crippen molar-refractivity contribution in [3.8, 4) is 0 Å². The molecule has 0 bridgehead atoms. The van der Waals surface area contributed by atoms with Gasteiger partial charge in [0.05, 0.1) is 19.3 Å². The molecule has 0 fully saturated rings. The highest BCUT2D eigenvalue weighted by Gasteiger charge is 2.23. The van der Waals surface area contributed by atoms with Gasteiger partial charge in [-0.15, -0.1) is 0 Å². The first-order chi connectivity index (χ1) is 9.65. The molecule has 3 nitrogen and oxygen atoms in total. The van der Waals surface area contributed by atoms with E-state index >= 15 is 0 Å². The van der Waals surface area contributed by atoms with Crippen molar-refractivity contribution in [2.75, 3.05) is 13.2 Å². The third-order valence-corrected chi connectivity index (χ3v) is 4.16. The van der Waals surface area contributed by atoms with E-state index in [1.807, 2.05) is 30.3 Å². The maximum Gasteiger partial charge on any atom is 0.0898 e. The second kappa shape index (κ2) is 9.11. The molecule has 0 aliphatic rings. The van der Waals surface area contributed by atoms with Crippen molar-refractivity contribution in [2.24, 2.45) is 0 Å². The fraction of sp³-hybridized carbons (Fsp3) is 0.647. The van der Waals surface area contributed by atoms with E-state index < -0.39 is 6.10 Å². The Balaban J connectivity index is 2.25. The van der Waals surface area contributed by atoms with Gasteiger partial charge in [-0.2, -0.15) is 0 Å². The second-order valence-corrected chi connectivity index (χ2v) is 5.38. The Kier molecular flexibility index (Phi) is 7.82. The number of hydrogen-bond donors (Lipinski definition) is 2. The van der Waals surface area contributed by atoms with Crippen molar-refractivity contribution in [1.29, 1.82) is 0 Å². The van der Waals surface area contributed by atoms with Crippen molar-refractivity contribution in [2.45, 2.75) is 58.3 Å². The molecule has 0 aliphatic carbocycles. The lowest BCUT2D eigenvalue weighted by Gasteiger charge is -2.33. The fourth-order valence-corrected chi connectivity index (χ4v) is 2.41. The Bertz CT molecular complexity index is 341. The topological polar surface area (TPSA) is 41.5 Å². The largest absolute Gasteiger partial charge is 0.389 e. The summed E-state index contributed by atoms with van der Waals surface area (Å²) in [5.41, 5.74) is 1.29. The zero-order valence-corrected chi connectivity index (χ0v) is 13.1. The summed E-state index contributed by atoms with van der Waals surface area (Å²) in [6.07, 6.45) is 2.79. The molecule has 1 unspecified atom stereocenters. The zero-order chi connectivity index (χ0) is 14.8. The lowest BCUT2D eigenvalue weighted by atomic mass is 9.90. The third kappa shape index (κ3) is 5.61. The number of rotatable bonds is 10. The first kappa shape index (κ1) is 17.2. The van der Waals surface area contributed by atoms with Gasteiger partial charge in [-0.3, -0.25) is 0 Å². The molecule has 1 aromatic rings. The molecule has 3 heteroatoms. The monoisotopic (exact) mass is 279 g/mol. The molecule has 0 amide bonds. The molecule has 0 heterocycles. The van der Waals surface area contributed by atoms with Crippen molar-refractivity contribution >= 4 is 0 Å². The van der Waals surface area contributed by atoms with Gasteiger partial charge in [0.25, 0.3) is 0 Å². The minimum absolute atomic E-state index is 0.153. The van der Waals surface area contributed by atoms with E-state index in [0.717, 1.165) is 24.8 Å². The summed E-state index contributed by atoms with van der Waals surface area (Å²) < 4.78 is 5.56. The molecular weight excluding hydrogens is 250 g/mol. The highest BCUT2D eigenvalue weighted by atomic mass is 16.5. The molecule has 0 aliphatic heterocycles. The van der Waals surface area contributed by atoms with Gasteiger partial charge in [0.15, 0.2) is 0 Å². The quantitative estimate of drug-likeness (QED) is 0.691. The van der Waals surface area contributed by atoms with E-state index in [-0.39, 0.29) is 5.54 Å². The van der Waals surface area contributed by atoms with E-state index in [2.05, 4.69) is 26.1 Å². The predicted octanol–water partition coefficient (Wildman–Crippen LogP) is 3.12. The molecular formula is C17H29NO2. The van der Waals surface area contributed by atoms with Crippen LogP contribution in [0, 0.1) is 0 Å². The van der Waals surface area contributed by atoms with Crippen molar-refractivity contribution < 1.29 is 9.84 Å². The van der Waals surface area contributed by atoms with E-state index in [1.165, 1.54) is 0 Å². The molecule has 0 radical (unpaired) electrons. The minimum atomic E-state index is -0.456. The van der Waals surface area contributed by atoms with Crippen LogP contribution in [-0.2, 0) is 11.3 Å². The normalized spacial score (nSPS) is 13.4. The number of hydrogen-bond acceptors (Lipinski definition) is 3. The Morgan fingerprint density at radius 1 is 1.10 bits per heavy atom. The number of aliphatic hydroxyl groups excluding tert-OH is 1. The van der Waals surface area contributed by atoms with Crippen molar-refractivity contribution in [3.05, 3.63) is 35.9 Å². The van der Waals surface area contributed by atoms with E-state index in [1.54, 1.807) is 0 Å². The maximum absolute atomic E-state index is 9.99. The van der Waals surface area contributed by atoms with Gasteiger partial charge in [0.1, 0.15) is 0 Å². The minimum Gasteiger partial charge on any atom is -0.389 e. The van der Waals surface area contributed by atoms with Crippen LogP contribution in [-0.4, -0.2) is 29.9 Å². The van der Waals surface area contributed by atoms with Crippen molar-refractivity contribution in [1.82, 2.24) is 5.32 Å². The van der Waals surface area contributed by atoms with Gasteiger partial charge < -0.3 is 15.2 Å². The Hall–Kier alpha value is -0.900. The van der Waals surface area contributed by atoms with Gasteiger partial charge in [0, 0.05) is 12.1 Å². The van der Waals surface area contributed by atoms with Crippen LogP contribution in [0.2, 0.25) is 0 Å². The summed E-state index contributed by atoms with van der Waals surface area (Å²) >= 11 is 0. The molecule has 0 saturated heterocycles. The maximum atomic E-state index is 9.99. The van der Waals surface area contributed by atoms with Crippen LogP contribution in [0.5, 0.6) is 0 Å². The molecule has 20 heavy (non-hydrogen) atoms. The second-order valence-electron chi connectivity index (χ2n) is 5.38. The Labute approximate surface area is 123 Å². The first-order valence-corrected chi connectivity index (χ1v) is 7.70. The van der Waals surface area contributed by atoms with Crippen LogP contribution in [0.4, 0.5) is 0 Å². The summed E-state index contributed by atoms with van der Waals surface area (Å²) in [7, 11) is 0. The van der Waals surface area contributed by atoms with Gasteiger partial charge in [-0.25, -0.2) is 0 Å². The summed E-state index contributed by atoms with van der Waals surface area (Å²) in [5.74, 6) is 0. The SMILES string of the molecule is CCC(CC)(CC)NCC(O)COCc1ccccc1. The lowest BCUT2D eigenvalue weighted by molar-refractivity contribution is 0.0241. The van der Waals surface area contributed by atoms with Crippen LogP contribution < -0.4 is 5.32 Å². The van der Waals surface area contributed by atoms with E-state index in [9.17, 15) is 5.11 Å². The standard InChI is InChI=1S/C17H29NO2/c1-4-17(5-2,6-3)18-12-16(19)14-20-13-15-10-8-7-9-11-15/h7-11,16,18-19H,4-6,12-14H2,1-3H3. The molecule has 2 N–H and O–H groups in total. The van der Waals surface area contributed by atoms with Gasteiger partial charge in [0.2, 0.25) is 0 Å².